The largest absolute Gasteiger partial charge is 0.472 e. The topological polar surface area (TPSA) is 53.8 Å². The van der Waals surface area contributed by atoms with E-state index in [2.05, 4.69) is 0 Å². The van der Waals surface area contributed by atoms with Gasteiger partial charge in [-0.15, -0.1) is 0 Å². The van der Waals surface area contributed by atoms with E-state index in [-0.39, 0.29) is 11.8 Å². The molecule has 1 saturated heterocycles. The minimum Gasteiger partial charge on any atom is -0.472 e. The lowest BCUT2D eigenvalue weighted by atomic mass is 10.2. The first kappa shape index (κ1) is 12.7. The zero-order valence-corrected chi connectivity index (χ0v) is 10.6. The van der Waals surface area contributed by atoms with Gasteiger partial charge in [-0.05, 0) is 12.5 Å². The van der Waals surface area contributed by atoms with Crippen molar-refractivity contribution in [2.24, 2.45) is 0 Å². The molecule has 0 unspecified atom stereocenters. The van der Waals surface area contributed by atoms with Crippen molar-refractivity contribution in [3.63, 3.8) is 0 Å². The van der Waals surface area contributed by atoms with E-state index in [1.54, 1.807) is 11.0 Å². The Hall–Kier alpha value is -1.78. The number of furan rings is 1. The summed E-state index contributed by atoms with van der Waals surface area (Å²) >= 11 is 0. The fourth-order valence-corrected chi connectivity index (χ4v) is 2.10. The van der Waals surface area contributed by atoms with Crippen LogP contribution in [0.5, 0.6) is 0 Å². The van der Waals surface area contributed by atoms with Crippen LogP contribution in [0.25, 0.3) is 0 Å². The molecular weight excluding hydrogens is 232 g/mol. The van der Waals surface area contributed by atoms with Crippen molar-refractivity contribution in [1.29, 1.82) is 0 Å². The predicted octanol–water partition coefficient (Wildman–Crippen LogP) is 1.36. The zero-order chi connectivity index (χ0) is 13.0. The Morgan fingerprint density at radius 1 is 1.22 bits per heavy atom. The second kappa shape index (κ2) is 5.71. The molecule has 0 radical (unpaired) electrons. The average Bonchev–Trinajstić information content (AvgIpc) is 2.92. The summed E-state index contributed by atoms with van der Waals surface area (Å²) in [5.41, 5.74) is 0.573. The number of piperazine rings is 1. The lowest BCUT2D eigenvalue weighted by Crippen LogP contribution is -2.50. The molecule has 1 aliphatic rings. The Labute approximate surface area is 106 Å². The molecule has 1 fully saturated rings. The second-order valence-corrected chi connectivity index (χ2v) is 4.44. The number of hydrogen-bond acceptors (Lipinski definition) is 3. The summed E-state index contributed by atoms with van der Waals surface area (Å²) < 4.78 is 4.91. The van der Waals surface area contributed by atoms with Crippen LogP contribution in [0.2, 0.25) is 0 Å². The molecule has 0 bridgehead atoms. The Balaban J connectivity index is 1.87. The average molecular weight is 250 g/mol. The molecule has 98 valence electrons. The Morgan fingerprint density at radius 2 is 1.89 bits per heavy atom. The number of carbonyl (C=O) groups excluding carboxylic acids is 2. The van der Waals surface area contributed by atoms with Gasteiger partial charge in [0.2, 0.25) is 5.91 Å². The molecule has 5 heteroatoms. The highest BCUT2D eigenvalue weighted by molar-refractivity contribution is 5.94. The van der Waals surface area contributed by atoms with Gasteiger partial charge in [0.25, 0.3) is 5.91 Å². The summed E-state index contributed by atoms with van der Waals surface area (Å²) in [6.45, 7) is 4.44. The molecule has 5 nitrogen and oxygen atoms in total. The van der Waals surface area contributed by atoms with Gasteiger partial charge in [0.15, 0.2) is 0 Å². The van der Waals surface area contributed by atoms with Gasteiger partial charge in [0, 0.05) is 32.6 Å². The van der Waals surface area contributed by atoms with E-state index in [0.717, 1.165) is 6.42 Å². The number of hydrogen-bond donors (Lipinski definition) is 0. The fourth-order valence-electron chi connectivity index (χ4n) is 2.10. The predicted molar refractivity (Wildman–Crippen MR) is 66.1 cm³/mol. The molecule has 2 heterocycles. The molecule has 0 aromatic carbocycles. The lowest BCUT2D eigenvalue weighted by Gasteiger charge is -2.34. The molecule has 0 spiro atoms. The summed E-state index contributed by atoms with van der Waals surface area (Å²) in [6, 6.07) is 1.66. The smallest absolute Gasteiger partial charge is 0.257 e. The molecule has 18 heavy (non-hydrogen) atoms. The molecule has 1 aromatic rings. The molecule has 0 N–H and O–H groups in total. The minimum atomic E-state index is -0.0219. The molecular formula is C13H18N2O3. The van der Waals surface area contributed by atoms with Gasteiger partial charge in [0.1, 0.15) is 6.26 Å². The highest BCUT2D eigenvalue weighted by Gasteiger charge is 2.24. The van der Waals surface area contributed by atoms with Crippen molar-refractivity contribution in [3.8, 4) is 0 Å². The summed E-state index contributed by atoms with van der Waals surface area (Å²) in [7, 11) is 0. The van der Waals surface area contributed by atoms with Gasteiger partial charge < -0.3 is 14.2 Å². The third-order valence-corrected chi connectivity index (χ3v) is 3.15. The molecule has 2 rings (SSSR count). The second-order valence-electron chi connectivity index (χ2n) is 4.44. The van der Waals surface area contributed by atoms with Gasteiger partial charge in [0.05, 0.1) is 11.8 Å². The number of carbonyl (C=O) groups is 2. The maximum absolute atomic E-state index is 12.0. The molecule has 0 saturated carbocycles. The van der Waals surface area contributed by atoms with Crippen LogP contribution < -0.4 is 0 Å². The van der Waals surface area contributed by atoms with E-state index in [1.807, 2.05) is 11.8 Å². The standard InChI is InChI=1S/C13H18N2O3/c1-2-3-12(16)14-5-7-15(8-6-14)13(17)11-4-9-18-10-11/h4,9-10H,2-3,5-8H2,1H3. The monoisotopic (exact) mass is 250 g/mol. The fraction of sp³-hybridized carbons (Fsp3) is 0.538. The van der Waals surface area contributed by atoms with Crippen LogP contribution in [0, 0.1) is 0 Å². The summed E-state index contributed by atoms with van der Waals surface area (Å²) in [5, 5.41) is 0. The third kappa shape index (κ3) is 2.72. The number of amides is 2. The van der Waals surface area contributed by atoms with Crippen molar-refractivity contribution in [2.75, 3.05) is 26.2 Å². The SMILES string of the molecule is CCCC(=O)N1CCN(C(=O)c2ccoc2)CC1. The van der Waals surface area contributed by atoms with E-state index in [1.165, 1.54) is 12.5 Å². The van der Waals surface area contributed by atoms with Crippen LogP contribution >= 0.6 is 0 Å². The first-order valence-electron chi connectivity index (χ1n) is 6.31. The molecule has 0 atom stereocenters. The minimum absolute atomic E-state index is 0.0219. The third-order valence-electron chi connectivity index (χ3n) is 3.15. The van der Waals surface area contributed by atoms with Gasteiger partial charge in [-0.3, -0.25) is 9.59 Å². The maximum atomic E-state index is 12.0. The van der Waals surface area contributed by atoms with Crippen LogP contribution in [0.1, 0.15) is 30.1 Å². The summed E-state index contributed by atoms with van der Waals surface area (Å²) in [5.74, 6) is 0.166. The lowest BCUT2D eigenvalue weighted by molar-refractivity contribution is -0.132. The maximum Gasteiger partial charge on any atom is 0.257 e. The first-order valence-corrected chi connectivity index (χ1v) is 6.31. The van der Waals surface area contributed by atoms with Gasteiger partial charge in [-0.2, -0.15) is 0 Å². The van der Waals surface area contributed by atoms with Gasteiger partial charge in [-0.1, -0.05) is 6.92 Å². The van der Waals surface area contributed by atoms with Gasteiger partial charge in [-0.25, -0.2) is 0 Å². The van der Waals surface area contributed by atoms with Crippen molar-refractivity contribution in [1.82, 2.24) is 9.80 Å². The van der Waals surface area contributed by atoms with Crippen LogP contribution in [-0.4, -0.2) is 47.8 Å². The van der Waals surface area contributed by atoms with E-state index < -0.39 is 0 Å². The Morgan fingerprint density at radius 3 is 2.44 bits per heavy atom. The zero-order valence-electron chi connectivity index (χ0n) is 10.6. The molecule has 1 aromatic heterocycles. The van der Waals surface area contributed by atoms with Crippen molar-refractivity contribution in [3.05, 3.63) is 24.2 Å². The highest BCUT2D eigenvalue weighted by Crippen LogP contribution is 2.10. The van der Waals surface area contributed by atoms with E-state index in [9.17, 15) is 9.59 Å². The molecule has 2 amide bonds. The van der Waals surface area contributed by atoms with Crippen molar-refractivity contribution >= 4 is 11.8 Å². The molecule has 1 aliphatic heterocycles. The summed E-state index contributed by atoms with van der Waals surface area (Å²) in [6.07, 6.45) is 4.41. The first-order chi connectivity index (χ1) is 8.72. The summed E-state index contributed by atoms with van der Waals surface area (Å²) in [4.78, 5) is 27.3. The van der Waals surface area contributed by atoms with Gasteiger partial charge >= 0.3 is 0 Å². The van der Waals surface area contributed by atoms with Crippen LogP contribution in [0.3, 0.4) is 0 Å². The van der Waals surface area contributed by atoms with Crippen molar-refractivity contribution in [2.45, 2.75) is 19.8 Å². The number of nitrogens with zero attached hydrogens (tertiary/aromatic N) is 2. The van der Waals surface area contributed by atoms with Crippen molar-refractivity contribution < 1.29 is 14.0 Å². The Kier molecular flexibility index (Phi) is 4.02. The Bertz CT molecular complexity index is 406. The van der Waals surface area contributed by atoms with E-state index in [0.29, 0.717) is 38.2 Å². The van der Waals surface area contributed by atoms with Crippen LogP contribution in [0.15, 0.2) is 23.0 Å². The van der Waals surface area contributed by atoms with E-state index >= 15 is 0 Å². The molecule has 0 aliphatic carbocycles. The van der Waals surface area contributed by atoms with Crippen LogP contribution in [0.4, 0.5) is 0 Å². The van der Waals surface area contributed by atoms with Crippen LogP contribution in [-0.2, 0) is 4.79 Å². The quantitative estimate of drug-likeness (QED) is 0.814. The van der Waals surface area contributed by atoms with E-state index in [4.69, 9.17) is 4.42 Å². The normalized spacial score (nSPS) is 15.8. The highest BCUT2D eigenvalue weighted by atomic mass is 16.3. The number of rotatable bonds is 3.